The van der Waals surface area contributed by atoms with E-state index in [1.807, 2.05) is 24.3 Å². The van der Waals surface area contributed by atoms with E-state index in [0.717, 1.165) is 5.56 Å². The van der Waals surface area contributed by atoms with Gasteiger partial charge in [-0.1, -0.05) is 49.1 Å². The van der Waals surface area contributed by atoms with E-state index in [4.69, 9.17) is 4.74 Å². The molecule has 0 fully saturated rings. The van der Waals surface area contributed by atoms with Gasteiger partial charge in [-0.2, -0.15) is 0 Å². The molecule has 0 heterocycles. The summed E-state index contributed by atoms with van der Waals surface area (Å²) < 4.78 is 46.8. The molecule has 6 heteroatoms. The van der Waals surface area contributed by atoms with Crippen molar-refractivity contribution in [2.45, 2.75) is 19.5 Å². The number of hydrogen-bond acceptors (Lipinski definition) is 3. The molecule has 2 rings (SSSR count). The van der Waals surface area contributed by atoms with E-state index in [1.54, 1.807) is 18.2 Å². The second kappa shape index (κ2) is 8.40. The zero-order valence-corrected chi connectivity index (χ0v) is 13.0. The maximum absolute atomic E-state index is 12.4. The molecule has 3 nitrogen and oxygen atoms in total. The molecular weight excluding hydrogens is 319 g/mol. The molecular formula is C18H18F3NO2. The molecule has 0 bridgehead atoms. The molecule has 0 aliphatic heterocycles. The monoisotopic (exact) mass is 337 g/mol. The highest BCUT2D eigenvalue weighted by atomic mass is 19.4. The third kappa shape index (κ3) is 5.62. The topological polar surface area (TPSA) is 30.5 Å². The number of benzene rings is 2. The van der Waals surface area contributed by atoms with Crippen LogP contribution in [0.2, 0.25) is 0 Å². The smallest absolute Gasteiger partial charge is 0.489 e. The van der Waals surface area contributed by atoms with Gasteiger partial charge in [-0.3, -0.25) is 0 Å². The first kappa shape index (κ1) is 17.9. The van der Waals surface area contributed by atoms with Gasteiger partial charge >= 0.3 is 6.36 Å². The Labute approximate surface area is 138 Å². The third-order valence-electron chi connectivity index (χ3n) is 3.16. The number of para-hydroxylation sites is 2. The predicted molar refractivity (Wildman–Crippen MR) is 85.8 cm³/mol. The minimum absolute atomic E-state index is 0.200. The highest BCUT2D eigenvalue weighted by Crippen LogP contribution is 2.26. The van der Waals surface area contributed by atoms with Crippen LogP contribution in [0.3, 0.4) is 0 Å². The van der Waals surface area contributed by atoms with Crippen LogP contribution in [0, 0.1) is 0 Å². The Balaban J connectivity index is 1.99. The van der Waals surface area contributed by atoms with E-state index < -0.39 is 6.36 Å². The first-order chi connectivity index (χ1) is 11.5. The number of ether oxygens (including phenoxy) is 2. The van der Waals surface area contributed by atoms with Crippen LogP contribution < -0.4 is 14.8 Å². The molecule has 0 aromatic heterocycles. The van der Waals surface area contributed by atoms with E-state index >= 15 is 0 Å². The zero-order valence-electron chi connectivity index (χ0n) is 13.0. The Kier molecular flexibility index (Phi) is 6.26. The Hall–Kier alpha value is -2.47. The van der Waals surface area contributed by atoms with Crippen LogP contribution in [-0.4, -0.2) is 13.0 Å². The molecule has 24 heavy (non-hydrogen) atoms. The van der Waals surface area contributed by atoms with Gasteiger partial charge in [0.05, 0.1) is 0 Å². The molecule has 128 valence electrons. The van der Waals surface area contributed by atoms with Gasteiger partial charge in [0.1, 0.15) is 18.1 Å². The number of alkyl halides is 3. The normalized spacial score (nSPS) is 11.1. The van der Waals surface area contributed by atoms with Crippen LogP contribution in [0.25, 0.3) is 0 Å². The van der Waals surface area contributed by atoms with Crippen molar-refractivity contribution in [3.63, 3.8) is 0 Å². The molecule has 2 aromatic carbocycles. The molecule has 0 saturated heterocycles. The van der Waals surface area contributed by atoms with Crippen molar-refractivity contribution in [1.29, 1.82) is 0 Å². The van der Waals surface area contributed by atoms with Crippen molar-refractivity contribution >= 4 is 0 Å². The molecule has 0 aliphatic rings. The van der Waals surface area contributed by atoms with Crippen LogP contribution in [0.4, 0.5) is 13.2 Å². The first-order valence-electron chi connectivity index (χ1n) is 7.35. The van der Waals surface area contributed by atoms with Crippen LogP contribution >= 0.6 is 0 Å². The van der Waals surface area contributed by atoms with Crippen molar-refractivity contribution < 1.29 is 22.6 Å². The lowest BCUT2D eigenvalue weighted by atomic mass is 10.1. The number of rotatable bonds is 8. The Bertz CT molecular complexity index is 671. The average Bonchev–Trinajstić information content (AvgIpc) is 2.54. The molecule has 0 aliphatic carbocycles. The molecule has 0 unspecified atom stereocenters. The summed E-state index contributed by atoms with van der Waals surface area (Å²) in [6.45, 7) is 4.68. The second-order valence-electron chi connectivity index (χ2n) is 4.97. The van der Waals surface area contributed by atoms with Crippen LogP contribution in [-0.2, 0) is 13.1 Å². The fraction of sp³-hybridized carbons (Fsp3) is 0.222. The van der Waals surface area contributed by atoms with E-state index in [1.165, 1.54) is 12.1 Å². The summed E-state index contributed by atoms with van der Waals surface area (Å²) in [6.07, 6.45) is -3.06. The van der Waals surface area contributed by atoms with Gasteiger partial charge in [-0.15, -0.1) is 13.2 Å². The standard InChI is InChI=1S/C18H18F3NO2/c1-2-11-23-16-9-5-3-7-14(16)12-22-13-15-8-4-6-10-17(15)24-18(19,20)21/h2-10,22H,1,11-13H2. The van der Waals surface area contributed by atoms with Crippen molar-refractivity contribution in [3.8, 4) is 11.5 Å². The van der Waals surface area contributed by atoms with Gasteiger partial charge in [0, 0.05) is 24.2 Å². The minimum atomic E-state index is -4.71. The van der Waals surface area contributed by atoms with Gasteiger partial charge in [0.25, 0.3) is 0 Å². The van der Waals surface area contributed by atoms with E-state index in [-0.39, 0.29) is 12.3 Å². The van der Waals surface area contributed by atoms with Gasteiger partial charge in [0.15, 0.2) is 0 Å². The second-order valence-corrected chi connectivity index (χ2v) is 4.97. The lowest BCUT2D eigenvalue weighted by molar-refractivity contribution is -0.274. The molecule has 0 saturated carbocycles. The van der Waals surface area contributed by atoms with E-state index in [2.05, 4.69) is 16.6 Å². The summed E-state index contributed by atoms with van der Waals surface area (Å²) in [4.78, 5) is 0. The van der Waals surface area contributed by atoms with Crippen LogP contribution in [0.1, 0.15) is 11.1 Å². The summed E-state index contributed by atoms with van der Waals surface area (Å²) in [5.74, 6) is 0.512. The summed E-state index contributed by atoms with van der Waals surface area (Å²) >= 11 is 0. The molecule has 2 aromatic rings. The van der Waals surface area contributed by atoms with Crippen molar-refractivity contribution in [3.05, 3.63) is 72.3 Å². The van der Waals surface area contributed by atoms with Gasteiger partial charge in [-0.25, -0.2) is 0 Å². The fourth-order valence-corrected chi connectivity index (χ4v) is 2.15. The Morgan fingerprint density at radius 2 is 1.46 bits per heavy atom. The minimum Gasteiger partial charge on any atom is -0.489 e. The maximum Gasteiger partial charge on any atom is 0.573 e. The van der Waals surface area contributed by atoms with E-state index in [9.17, 15) is 13.2 Å². The van der Waals surface area contributed by atoms with Crippen molar-refractivity contribution in [2.24, 2.45) is 0 Å². The third-order valence-corrected chi connectivity index (χ3v) is 3.16. The highest BCUT2D eigenvalue weighted by molar-refractivity contribution is 5.35. The van der Waals surface area contributed by atoms with Crippen molar-refractivity contribution in [1.82, 2.24) is 5.32 Å². The quantitative estimate of drug-likeness (QED) is 0.723. The summed E-state index contributed by atoms with van der Waals surface area (Å²) in [7, 11) is 0. The largest absolute Gasteiger partial charge is 0.573 e. The zero-order chi connectivity index (χ0) is 17.4. The van der Waals surface area contributed by atoms with Crippen LogP contribution in [0.15, 0.2) is 61.2 Å². The fourth-order valence-electron chi connectivity index (χ4n) is 2.15. The lowest BCUT2D eigenvalue weighted by Gasteiger charge is -2.14. The van der Waals surface area contributed by atoms with Gasteiger partial charge in [0.2, 0.25) is 0 Å². The number of nitrogens with one attached hydrogen (secondary N) is 1. The number of hydrogen-bond donors (Lipinski definition) is 1. The van der Waals surface area contributed by atoms with Crippen LogP contribution in [0.5, 0.6) is 11.5 Å². The Morgan fingerprint density at radius 3 is 2.04 bits per heavy atom. The van der Waals surface area contributed by atoms with E-state index in [0.29, 0.717) is 24.5 Å². The highest BCUT2D eigenvalue weighted by Gasteiger charge is 2.31. The van der Waals surface area contributed by atoms with Gasteiger partial charge < -0.3 is 14.8 Å². The molecule has 0 radical (unpaired) electrons. The number of halogens is 3. The molecule has 0 spiro atoms. The summed E-state index contributed by atoms with van der Waals surface area (Å²) in [6, 6.07) is 13.5. The predicted octanol–water partition coefficient (Wildman–Crippen LogP) is 4.44. The maximum atomic E-state index is 12.4. The van der Waals surface area contributed by atoms with Gasteiger partial charge in [-0.05, 0) is 12.1 Å². The summed E-state index contributed by atoms with van der Waals surface area (Å²) in [5.41, 5.74) is 1.34. The molecule has 1 N–H and O–H groups in total. The lowest BCUT2D eigenvalue weighted by Crippen LogP contribution is -2.20. The van der Waals surface area contributed by atoms with Crippen molar-refractivity contribution in [2.75, 3.05) is 6.61 Å². The average molecular weight is 337 g/mol. The SMILES string of the molecule is C=CCOc1ccccc1CNCc1ccccc1OC(F)(F)F. The molecule has 0 amide bonds. The Morgan fingerprint density at radius 1 is 0.917 bits per heavy atom. The first-order valence-corrected chi connectivity index (χ1v) is 7.35. The molecule has 0 atom stereocenters. The summed E-state index contributed by atoms with van der Waals surface area (Å²) in [5, 5.41) is 3.11.